The topological polar surface area (TPSA) is 94.0 Å². The van der Waals surface area contributed by atoms with E-state index in [1.54, 1.807) is 19.2 Å². The largest absolute Gasteiger partial charge is 0.507 e. The molecule has 4 aromatic heterocycles. The van der Waals surface area contributed by atoms with Gasteiger partial charge in [0.1, 0.15) is 11.4 Å². The van der Waals surface area contributed by atoms with Crippen molar-refractivity contribution in [2.75, 3.05) is 7.05 Å². The number of aromatic hydroxyl groups is 1. The summed E-state index contributed by atoms with van der Waals surface area (Å²) in [5, 5.41) is 16.3. The summed E-state index contributed by atoms with van der Waals surface area (Å²) in [4.78, 5) is 25.0. The van der Waals surface area contributed by atoms with Crippen LogP contribution in [-0.2, 0) is 0 Å². The van der Waals surface area contributed by atoms with Gasteiger partial charge in [0.25, 0.3) is 0 Å². The second kappa shape index (κ2) is 16.2. The Hall–Kier alpha value is -9.01. The van der Waals surface area contributed by atoms with Crippen molar-refractivity contribution >= 4 is 66.3 Å². The standard InChI is InChI=1S/C59H41N7O/c1-37-38(29-32-49(60-2)47-22-9-13-26-55(47)67)27-28-39-30-33-50(61-56(37)39)59-63-57(40-15-4-3-5-16-40)62-58(64-59)41-17-14-18-42(35-41)65-53-25-12-8-21-46(53)48-36-43(31-34-54(48)65)66-51-23-10-6-19-44(51)45-20-7-11-24-52(45)66/h3-36,67H,1-2H3/b32-29-,60-49-. The molecule has 0 aliphatic heterocycles. The van der Waals surface area contributed by atoms with Gasteiger partial charge in [-0.15, -0.1) is 0 Å². The summed E-state index contributed by atoms with van der Waals surface area (Å²) < 4.78 is 4.71. The zero-order valence-electron chi connectivity index (χ0n) is 36.7. The monoisotopic (exact) mass is 863 g/mol. The molecule has 8 aromatic carbocycles. The second-order valence-electron chi connectivity index (χ2n) is 16.7. The van der Waals surface area contributed by atoms with Crippen LogP contribution in [0.15, 0.2) is 205 Å². The van der Waals surface area contributed by atoms with Crippen LogP contribution in [0.1, 0.15) is 16.7 Å². The Labute approximate surface area is 386 Å². The summed E-state index contributed by atoms with van der Waals surface area (Å²) in [5.74, 6) is 1.77. The Balaban J connectivity index is 0.967. The van der Waals surface area contributed by atoms with E-state index in [2.05, 4.69) is 155 Å². The van der Waals surface area contributed by atoms with Gasteiger partial charge in [0.2, 0.25) is 0 Å². The first-order valence-corrected chi connectivity index (χ1v) is 22.3. The fraction of sp³-hybridized carbons (Fsp3) is 0.0339. The molecule has 12 aromatic rings. The molecule has 0 unspecified atom stereocenters. The summed E-state index contributed by atoms with van der Waals surface area (Å²) >= 11 is 0. The minimum Gasteiger partial charge on any atom is -0.507 e. The Morgan fingerprint density at radius 3 is 1.76 bits per heavy atom. The lowest BCUT2D eigenvalue weighted by Gasteiger charge is -2.12. The summed E-state index contributed by atoms with van der Waals surface area (Å²) in [5.41, 5.74) is 13.2. The zero-order valence-corrected chi connectivity index (χ0v) is 36.7. The lowest BCUT2D eigenvalue weighted by Crippen LogP contribution is -2.02. The molecular weight excluding hydrogens is 823 g/mol. The number of hydrogen-bond acceptors (Lipinski definition) is 6. The summed E-state index contributed by atoms with van der Waals surface area (Å²) in [7, 11) is 1.73. The van der Waals surface area contributed by atoms with E-state index in [-0.39, 0.29) is 5.75 Å². The maximum Gasteiger partial charge on any atom is 0.182 e. The molecule has 1 N–H and O–H groups in total. The predicted octanol–water partition coefficient (Wildman–Crippen LogP) is 13.8. The number of aromatic nitrogens is 6. The van der Waals surface area contributed by atoms with Gasteiger partial charge in [-0.05, 0) is 90.9 Å². The number of aryl methyl sites for hydroxylation is 1. The highest BCUT2D eigenvalue weighted by atomic mass is 16.3. The smallest absolute Gasteiger partial charge is 0.182 e. The van der Waals surface area contributed by atoms with Crippen LogP contribution in [0.5, 0.6) is 5.75 Å². The fourth-order valence-electron chi connectivity index (χ4n) is 9.49. The molecule has 0 radical (unpaired) electrons. The third kappa shape index (κ3) is 6.82. The second-order valence-corrected chi connectivity index (χ2v) is 16.7. The molecule has 8 heteroatoms. The third-order valence-electron chi connectivity index (χ3n) is 12.8. The molecule has 0 saturated heterocycles. The fourth-order valence-corrected chi connectivity index (χ4v) is 9.49. The number of benzene rings is 8. The average Bonchev–Trinajstić information content (AvgIpc) is 3.90. The molecule has 0 aliphatic rings. The number of hydrogen-bond donors (Lipinski definition) is 1. The van der Waals surface area contributed by atoms with Gasteiger partial charge in [0, 0.05) is 62.0 Å². The maximum absolute atomic E-state index is 10.5. The van der Waals surface area contributed by atoms with E-state index < -0.39 is 0 Å². The van der Waals surface area contributed by atoms with Gasteiger partial charge >= 0.3 is 0 Å². The molecule has 318 valence electrons. The highest BCUT2D eigenvalue weighted by Gasteiger charge is 2.19. The average molecular weight is 864 g/mol. The first-order chi connectivity index (χ1) is 33.0. The Kier molecular flexibility index (Phi) is 9.57. The number of rotatable bonds is 8. The number of aliphatic imine (C=N–C) groups is 1. The minimum atomic E-state index is 0.185. The van der Waals surface area contributed by atoms with Gasteiger partial charge in [-0.2, -0.15) is 0 Å². The molecule has 67 heavy (non-hydrogen) atoms. The van der Waals surface area contributed by atoms with Crippen molar-refractivity contribution in [2.24, 2.45) is 4.99 Å². The van der Waals surface area contributed by atoms with Crippen molar-refractivity contribution in [1.82, 2.24) is 29.1 Å². The van der Waals surface area contributed by atoms with Crippen molar-refractivity contribution in [3.63, 3.8) is 0 Å². The lowest BCUT2D eigenvalue weighted by molar-refractivity contribution is 0.474. The molecule has 0 fully saturated rings. The quantitative estimate of drug-likeness (QED) is 0.154. The number of phenols is 1. The van der Waals surface area contributed by atoms with Gasteiger partial charge < -0.3 is 14.2 Å². The molecule has 0 saturated carbocycles. The van der Waals surface area contributed by atoms with Crippen LogP contribution in [0.25, 0.3) is 106 Å². The summed E-state index contributed by atoms with van der Waals surface area (Å²) in [6.45, 7) is 2.07. The van der Waals surface area contributed by atoms with Crippen LogP contribution < -0.4 is 0 Å². The van der Waals surface area contributed by atoms with Crippen LogP contribution >= 0.6 is 0 Å². The van der Waals surface area contributed by atoms with Gasteiger partial charge in [0.15, 0.2) is 17.5 Å². The highest BCUT2D eigenvalue weighted by Crippen LogP contribution is 2.38. The molecule has 0 atom stereocenters. The SMILES string of the molecule is C/N=C(/C=C\c1ccc2ccc(-c3nc(-c4ccccc4)nc(-c4cccc(-n5c6ccccc6c6cc(-n7c8ccccc8c8ccccc87)ccc65)c4)n3)nc2c1C)c1ccccc1O. The van der Waals surface area contributed by atoms with E-state index in [9.17, 15) is 5.11 Å². The number of para-hydroxylation sites is 4. The van der Waals surface area contributed by atoms with Gasteiger partial charge in [-0.3, -0.25) is 4.99 Å². The van der Waals surface area contributed by atoms with Gasteiger partial charge in [-0.1, -0.05) is 133 Å². The molecule has 0 amide bonds. The van der Waals surface area contributed by atoms with Crippen molar-refractivity contribution in [2.45, 2.75) is 6.92 Å². The Bertz CT molecular complexity index is 3920. The molecule has 0 aliphatic carbocycles. The molecule has 4 heterocycles. The highest BCUT2D eigenvalue weighted by molar-refractivity contribution is 6.13. The molecular formula is C59H41N7O. The van der Waals surface area contributed by atoms with Crippen LogP contribution in [0.4, 0.5) is 0 Å². The molecule has 0 spiro atoms. The minimum absolute atomic E-state index is 0.185. The first kappa shape index (κ1) is 39.6. The van der Waals surface area contributed by atoms with Gasteiger partial charge in [-0.25, -0.2) is 19.9 Å². The van der Waals surface area contributed by atoms with Crippen molar-refractivity contribution in [3.05, 3.63) is 217 Å². The molecule has 12 rings (SSSR count). The predicted molar refractivity (Wildman–Crippen MR) is 274 cm³/mol. The third-order valence-corrected chi connectivity index (χ3v) is 12.8. The number of nitrogens with zero attached hydrogens (tertiary/aromatic N) is 7. The van der Waals surface area contributed by atoms with E-state index in [1.807, 2.05) is 60.7 Å². The van der Waals surface area contributed by atoms with E-state index >= 15 is 0 Å². The van der Waals surface area contributed by atoms with Crippen LogP contribution in [-0.4, -0.2) is 46.9 Å². The van der Waals surface area contributed by atoms with Gasteiger partial charge in [0.05, 0.1) is 33.3 Å². The Morgan fingerprint density at radius 2 is 1.06 bits per heavy atom. The van der Waals surface area contributed by atoms with Crippen molar-refractivity contribution < 1.29 is 5.11 Å². The Morgan fingerprint density at radius 1 is 0.493 bits per heavy atom. The van der Waals surface area contributed by atoms with Crippen LogP contribution in [0.3, 0.4) is 0 Å². The van der Waals surface area contributed by atoms with E-state index in [0.29, 0.717) is 34.4 Å². The van der Waals surface area contributed by atoms with Crippen LogP contribution in [0, 0.1) is 6.92 Å². The summed E-state index contributed by atoms with van der Waals surface area (Å²) in [6.07, 6.45) is 3.94. The van der Waals surface area contributed by atoms with Crippen molar-refractivity contribution in [1.29, 1.82) is 0 Å². The van der Waals surface area contributed by atoms with E-state index in [1.165, 1.54) is 32.6 Å². The van der Waals surface area contributed by atoms with Crippen LogP contribution in [0.2, 0.25) is 0 Å². The number of pyridine rings is 1. The van der Waals surface area contributed by atoms with E-state index in [4.69, 9.17) is 19.9 Å². The number of fused-ring (bicyclic) bond motifs is 7. The zero-order chi connectivity index (χ0) is 45.0. The van der Waals surface area contributed by atoms with E-state index in [0.717, 1.165) is 55.6 Å². The number of allylic oxidation sites excluding steroid dienone is 1. The maximum atomic E-state index is 10.5. The van der Waals surface area contributed by atoms with Crippen molar-refractivity contribution in [3.8, 4) is 51.4 Å². The molecule has 0 bridgehead atoms. The first-order valence-electron chi connectivity index (χ1n) is 22.3. The normalized spacial score (nSPS) is 12.1. The molecule has 8 nitrogen and oxygen atoms in total. The number of phenolic OH excluding ortho intramolecular Hbond substituents is 1. The summed E-state index contributed by atoms with van der Waals surface area (Å²) in [6, 6.07) is 66.6. The lowest BCUT2D eigenvalue weighted by atomic mass is 10.0.